The van der Waals surface area contributed by atoms with Crippen molar-refractivity contribution >= 4 is 52.5 Å². The van der Waals surface area contributed by atoms with E-state index in [4.69, 9.17) is 27.9 Å². The fourth-order valence-electron chi connectivity index (χ4n) is 2.99. The van der Waals surface area contributed by atoms with Gasteiger partial charge in [0.1, 0.15) is 17.4 Å². The topological polar surface area (TPSA) is 91.2 Å². The van der Waals surface area contributed by atoms with E-state index >= 15 is 0 Å². The second-order valence-electron chi connectivity index (χ2n) is 7.41. The molecule has 2 N–H and O–H groups in total. The Labute approximate surface area is 207 Å². The monoisotopic (exact) mass is 493 g/mol. The smallest absolute Gasteiger partial charge is 0.266 e. The molecule has 0 heterocycles. The van der Waals surface area contributed by atoms with Gasteiger partial charge in [-0.2, -0.15) is 5.26 Å². The zero-order valence-electron chi connectivity index (χ0n) is 18.5. The molecule has 3 aromatic carbocycles. The molecule has 0 aromatic heterocycles. The third-order valence-corrected chi connectivity index (χ3v) is 5.52. The number of amides is 2. The molecule has 3 rings (SSSR count). The number of carbonyl (C=O) groups excluding carboxylic acids is 2. The molecule has 0 radical (unpaired) electrons. The summed E-state index contributed by atoms with van der Waals surface area (Å²) in [4.78, 5) is 24.7. The molecule has 0 fully saturated rings. The fourth-order valence-corrected chi connectivity index (χ4v) is 3.36. The minimum Gasteiger partial charge on any atom is -0.482 e. The molecule has 0 atom stereocenters. The first kappa shape index (κ1) is 24.8. The lowest BCUT2D eigenvalue weighted by molar-refractivity contribution is -0.118. The number of ether oxygens (including phenoxy) is 1. The van der Waals surface area contributed by atoms with Crippen molar-refractivity contribution < 1.29 is 14.3 Å². The number of halogens is 2. The average molecular weight is 494 g/mol. The van der Waals surface area contributed by atoms with E-state index in [1.807, 2.05) is 32.0 Å². The number of aryl methyl sites for hydroxylation is 1. The van der Waals surface area contributed by atoms with Crippen molar-refractivity contribution in [1.29, 1.82) is 5.26 Å². The predicted molar refractivity (Wildman–Crippen MR) is 135 cm³/mol. The maximum absolute atomic E-state index is 12.6. The number of carbonyl (C=O) groups is 2. The number of nitrogens with one attached hydrogen (secondary N) is 2. The number of hydrogen-bond acceptors (Lipinski definition) is 4. The summed E-state index contributed by atoms with van der Waals surface area (Å²) in [6.45, 7) is 3.59. The first-order chi connectivity index (χ1) is 16.3. The van der Waals surface area contributed by atoms with Gasteiger partial charge >= 0.3 is 0 Å². The molecule has 0 unspecified atom stereocenters. The van der Waals surface area contributed by atoms with E-state index in [0.717, 1.165) is 11.1 Å². The van der Waals surface area contributed by atoms with Crippen molar-refractivity contribution in [1.82, 2.24) is 0 Å². The first-order valence-corrected chi connectivity index (χ1v) is 11.0. The van der Waals surface area contributed by atoms with Crippen LogP contribution in [0, 0.1) is 25.2 Å². The first-order valence-electron chi connectivity index (χ1n) is 10.2. The van der Waals surface area contributed by atoms with Crippen LogP contribution in [0.1, 0.15) is 16.7 Å². The minimum absolute atomic E-state index is 0.0759. The molecule has 172 valence electrons. The summed E-state index contributed by atoms with van der Waals surface area (Å²) < 4.78 is 5.50. The molecule has 0 saturated heterocycles. The van der Waals surface area contributed by atoms with Crippen molar-refractivity contribution in [2.75, 3.05) is 17.2 Å². The van der Waals surface area contributed by atoms with Crippen LogP contribution in [0.4, 0.5) is 11.4 Å². The highest BCUT2D eigenvalue weighted by Gasteiger charge is 2.13. The number of rotatable bonds is 7. The standard InChI is InChI=1S/C26H21Cl2N3O3/c1-16-4-3-5-23(17(16)2)31-26(33)19(14-29)12-18-6-11-24(22(28)13-18)34-15-25(32)30-21-9-7-20(27)8-10-21/h3-13H,15H2,1-2H3,(H,30,32)(H,31,33)/b19-12+. The predicted octanol–water partition coefficient (Wildman–Crippen LogP) is 6.17. The fraction of sp³-hybridized carbons (Fsp3) is 0.115. The van der Waals surface area contributed by atoms with Crippen LogP contribution in [0.25, 0.3) is 6.08 Å². The Morgan fingerprint density at radius 2 is 1.76 bits per heavy atom. The molecule has 2 amide bonds. The third-order valence-electron chi connectivity index (χ3n) is 4.97. The summed E-state index contributed by atoms with van der Waals surface area (Å²) in [5, 5.41) is 15.7. The van der Waals surface area contributed by atoms with Crippen molar-refractivity contribution in [3.05, 3.63) is 93.0 Å². The molecule has 8 heteroatoms. The Hall–Kier alpha value is -3.79. The van der Waals surface area contributed by atoms with E-state index in [9.17, 15) is 14.9 Å². The van der Waals surface area contributed by atoms with Crippen molar-refractivity contribution in [2.45, 2.75) is 13.8 Å². The number of nitrogens with zero attached hydrogens (tertiary/aromatic N) is 1. The van der Waals surface area contributed by atoms with Crippen LogP contribution in [0.5, 0.6) is 5.75 Å². The molecular weight excluding hydrogens is 473 g/mol. The molecule has 0 aliphatic rings. The maximum atomic E-state index is 12.6. The van der Waals surface area contributed by atoms with Crippen LogP contribution in [0.3, 0.4) is 0 Å². The van der Waals surface area contributed by atoms with Gasteiger partial charge in [0.2, 0.25) is 0 Å². The second kappa shape index (κ2) is 11.4. The highest BCUT2D eigenvalue weighted by Crippen LogP contribution is 2.27. The van der Waals surface area contributed by atoms with Gasteiger partial charge in [-0.15, -0.1) is 0 Å². The normalized spacial score (nSPS) is 10.9. The van der Waals surface area contributed by atoms with Crippen LogP contribution in [0.2, 0.25) is 10.0 Å². The van der Waals surface area contributed by atoms with Crippen LogP contribution in [-0.2, 0) is 9.59 Å². The number of anilines is 2. The van der Waals surface area contributed by atoms with Gasteiger partial charge in [0.05, 0.1) is 5.02 Å². The number of benzene rings is 3. The largest absolute Gasteiger partial charge is 0.482 e. The highest BCUT2D eigenvalue weighted by atomic mass is 35.5. The van der Waals surface area contributed by atoms with Gasteiger partial charge in [-0.25, -0.2) is 0 Å². The van der Waals surface area contributed by atoms with Crippen LogP contribution in [-0.4, -0.2) is 18.4 Å². The maximum Gasteiger partial charge on any atom is 0.266 e. The summed E-state index contributed by atoms with van der Waals surface area (Å²) in [6, 6.07) is 18.9. The molecule has 0 saturated carbocycles. The lowest BCUT2D eigenvalue weighted by atomic mass is 10.1. The summed E-state index contributed by atoms with van der Waals surface area (Å²) in [6.07, 6.45) is 1.43. The molecule has 0 bridgehead atoms. The Morgan fingerprint density at radius 3 is 2.44 bits per heavy atom. The van der Waals surface area contributed by atoms with Gasteiger partial charge in [-0.05, 0) is 79.1 Å². The highest BCUT2D eigenvalue weighted by molar-refractivity contribution is 6.32. The summed E-state index contributed by atoms with van der Waals surface area (Å²) in [5.74, 6) is -0.591. The molecule has 0 aliphatic heterocycles. The lowest BCUT2D eigenvalue weighted by Gasteiger charge is -2.10. The molecule has 0 aliphatic carbocycles. The SMILES string of the molecule is Cc1cccc(NC(=O)/C(C#N)=C/c2ccc(OCC(=O)Nc3ccc(Cl)cc3)c(Cl)c2)c1C. The summed E-state index contributed by atoms with van der Waals surface area (Å²) in [5.41, 5.74) is 3.66. The van der Waals surface area contributed by atoms with E-state index < -0.39 is 5.91 Å². The van der Waals surface area contributed by atoms with Crippen LogP contribution in [0.15, 0.2) is 66.2 Å². The van der Waals surface area contributed by atoms with Gasteiger partial charge in [0.15, 0.2) is 6.61 Å². The zero-order chi connectivity index (χ0) is 24.7. The van der Waals surface area contributed by atoms with Crippen LogP contribution >= 0.6 is 23.2 Å². The Kier molecular flexibility index (Phi) is 8.31. The van der Waals surface area contributed by atoms with Crippen LogP contribution < -0.4 is 15.4 Å². The molecular formula is C26H21Cl2N3O3. The zero-order valence-corrected chi connectivity index (χ0v) is 20.0. The van der Waals surface area contributed by atoms with E-state index in [0.29, 0.717) is 27.7 Å². The van der Waals surface area contributed by atoms with Gasteiger partial charge < -0.3 is 15.4 Å². The molecule has 34 heavy (non-hydrogen) atoms. The Bertz CT molecular complexity index is 1300. The van der Waals surface area contributed by atoms with E-state index in [-0.39, 0.29) is 23.1 Å². The van der Waals surface area contributed by atoms with E-state index in [1.165, 1.54) is 6.08 Å². The average Bonchev–Trinajstić information content (AvgIpc) is 2.81. The number of hydrogen-bond donors (Lipinski definition) is 2. The quantitative estimate of drug-likeness (QED) is 0.304. The van der Waals surface area contributed by atoms with Crippen molar-refractivity contribution in [3.8, 4) is 11.8 Å². The van der Waals surface area contributed by atoms with E-state index in [1.54, 1.807) is 48.5 Å². The minimum atomic E-state index is -0.522. The molecule has 0 spiro atoms. The Morgan fingerprint density at radius 1 is 1.03 bits per heavy atom. The Balaban J connectivity index is 1.65. The van der Waals surface area contributed by atoms with Gasteiger partial charge in [0, 0.05) is 16.4 Å². The second-order valence-corrected chi connectivity index (χ2v) is 8.25. The lowest BCUT2D eigenvalue weighted by Crippen LogP contribution is -2.20. The van der Waals surface area contributed by atoms with Crippen molar-refractivity contribution in [2.24, 2.45) is 0 Å². The van der Waals surface area contributed by atoms with Gasteiger partial charge in [-0.3, -0.25) is 9.59 Å². The van der Waals surface area contributed by atoms with Gasteiger partial charge in [-0.1, -0.05) is 41.4 Å². The summed E-state index contributed by atoms with van der Waals surface area (Å²) >= 11 is 12.1. The number of nitriles is 1. The third kappa shape index (κ3) is 6.61. The van der Waals surface area contributed by atoms with Gasteiger partial charge in [0.25, 0.3) is 11.8 Å². The van der Waals surface area contributed by atoms with Crippen molar-refractivity contribution in [3.63, 3.8) is 0 Å². The molecule has 6 nitrogen and oxygen atoms in total. The summed E-state index contributed by atoms with van der Waals surface area (Å²) in [7, 11) is 0. The van der Waals surface area contributed by atoms with E-state index in [2.05, 4.69) is 10.6 Å². The molecule has 3 aromatic rings.